The standard InChI is InChI=1S/C20H13BrClNO2/c21-15-6-9-19(24)14(10-15)12-23-18-8-7-16(22)11-17(18)20(25)13-4-2-1-3-5-13/h1-12,24H. The maximum absolute atomic E-state index is 12.8. The molecule has 3 aromatic carbocycles. The lowest BCUT2D eigenvalue weighted by Gasteiger charge is -2.06. The van der Waals surface area contributed by atoms with E-state index >= 15 is 0 Å². The normalized spacial score (nSPS) is 11.0. The molecule has 0 aliphatic carbocycles. The summed E-state index contributed by atoms with van der Waals surface area (Å²) in [6.45, 7) is 0. The van der Waals surface area contributed by atoms with E-state index < -0.39 is 0 Å². The Morgan fingerprint density at radius 3 is 2.56 bits per heavy atom. The van der Waals surface area contributed by atoms with Gasteiger partial charge in [0.15, 0.2) is 5.78 Å². The summed E-state index contributed by atoms with van der Waals surface area (Å²) in [6.07, 6.45) is 1.52. The second-order valence-electron chi connectivity index (χ2n) is 5.32. The van der Waals surface area contributed by atoms with Crippen LogP contribution < -0.4 is 0 Å². The summed E-state index contributed by atoms with van der Waals surface area (Å²) < 4.78 is 0.823. The molecule has 0 saturated carbocycles. The number of benzene rings is 3. The molecule has 1 N–H and O–H groups in total. The van der Waals surface area contributed by atoms with Gasteiger partial charge in [0.25, 0.3) is 0 Å². The van der Waals surface area contributed by atoms with Gasteiger partial charge in [0, 0.05) is 32.4 Å². The van der Waals surface area contributed by atoms with E-state index in [1.54, 1.807) is 60.7 Å². The summed E-state index contributed by atoms with van der Waals surface area (Å²) in [7, 11) is 0. The van der Waals surface area contributed by atoms with Gasteiger partial charge in [0.05, 0.1) is 5.69 Å². The fourth-order valence-electron chi connectivity index (χ4n) is 2.32. The minimum atomic E-state index is -0.159. The molecule has 3 rings (SSSR count). The second-order valence-corrected chi connectivity index (χ2v) is 6.67. The maximum atomic E-state index is 12.8. The highest BCUT2D eigenvalue weighted by Gasteiger charge is 2.14. The van der Waals surface area contributed by atoms with Gasteiger partial charge in [-0.05, 0) is 36.4 Å². The van der Waals surface area contributed by atoms with Gasteiger partial charge in [-0.1, -0.05) is 57.9 Å². The Bertz CT molecular complexity index is 955. The van der Waals surface area contributed by atoms with Crippen LogP contribution in [0.25, 0.3) is 0 Å². The Balaban J connectivity index is 2.01. The lowest BCUT2D eigenvalue weighted by molar-refractivity contribution is 0.103. The monoisotopic (exact) mass is 413 g/mol. The zero-order valence-corrected chi connectivity index (χ0v) is 15.3. The smallest absolute Gasteiger partial charge is 0.195 e. The van der Waals surface area contributed by atoms with Crippen LogP contribution >= 0.6 is 27.5 Å². The van der Waals surface area contributed by atoms with Gasteiger partial charge in [0.2, 0.25) is 0 Å². The van der Waals surface area contributed by atoms with Gasteiger partial charge < -0.3 is 5.11 Å². The molecule has 0 saturated heterocycles. The largest absolute Gasteiger partial charge is 0.507 e. The minimum Gasteiger partial charge on any atom is -0.507 e. The van der Waals surface area contributed by atoms with E-state index in [0.717, 1.165) is 4.47 Å². The van der Waals surface area contributed by atoms with Gasteiger partial charge in [-0.2, -0.15) is 0 Å². The molecule has 0 spiro atoms. The van der Waals surface area contributed by atoms with Gasteiger partial charge >= 0.3 is 0 Å². The average Bonchev–Trinajstić information content (AvgIpc) is 2.63. The van der Waals surface area contributed by atoms with Crippen molar-refractivity contribution in [1.29, 1.82) is 0 Å². The Hall–Kier alpha value is -2.43. The topological polar surface area (TPSA) is 49.7 Å². The van der Waals surface area contributed by atoms with Crippen molar-refractivity contribution in [3.05, 3.63) is 92.9 Å². The lowest BCUT2D eigenvalue weighted by Crippen LogP contribution is -2.01. The molecule has 0 atom stereocenters. The Labute approximate surface area is 158 Å². The second kappa shape index (κ2) is 7.64. The molecular formula is C20H13BrClNO2. The van der Waals surface area contributed by atoms with E-state index in [-0.39, 0.29) is 11.5 Å². The molecule has 0 amide bonds. The third kappa shape index (κ3) is 4.16. The first-order chi connectivity index (χ1) is 12.0. The van der Waals surface area contributed by atoms with Crippen molar-refractivity contribution in [3.63, 3.8) is 0 Å². The molecule has 3 aromatic rings. The first-order valence-corrected chi connectivity index (χ1v) is 8.63. The highest BCUT2D eigenvalue weighted by molar-refractivity contribution is 9.10. The van der Waals surface area contributed by atoms with Gasteiger partial charge in [0.1, 0.15) is 5.75 Å². The summed E-state index contributed by atoms with van der Waals surface area (Å²) in [5.74, 6) is -0.0504. The van der Waals surface area contributed by atoms with Crippen LogP contribution in [-0.4, -0.2) is 17.1 Å². The third-order valence-electron chi connectivity index (χ3n) is 3.57. The van der Waals surface area contributed by atoms with E-state index in [1.807, 2.05) is 6.07 Å². The van der Waals surface area contributed by atoms with Crippen molar-refractivity contribution in [3.8, 4) is 5.75 Å². The Kier molecular flexibility index (Phi) is 5.31. The number of ketones is 1. The van der Waals surface area contributed by atoms with Crippen molar-refractivity contribution < 1.29 is 9.90 Å². The van der Waals surface area contributed by atoms with Crippen LogP contribution in [0.4, 0.5) is 5.69 Å². The fourth-order valence-corrected chi connectivity index (χ4v) is 2.87. The zero-order chi connectivity index (χ0) is 17.8. The first kappa shape index (κ1) is 17.4. The Morgan fingerprint density at radius 2 is 1.80 bits per heavy atom. The SMILES string of the molecule is O=C(c1ccccc1)c1cc(Cl)ccc1N=Cc1cc(Br)ccc1O. The van der Waals surface area contributed by atoms with Crippen LogP contribution in [0.5, 0.6) is 5.75 Å². The van der Waals surface area contributed by atoms with Crippen LogP contribution in [0, 0.1) is 0 Å². The van der Waals surface area contributed by atoms with Gasteiger partial charge in [-0.25, -0.2) is 0 Å². The van der Waals surface area contributed by atoms with Crippen LogP contribution in [0.1, 0.15) is 21.5 Å². The first-order valence-electron chi connectivity index (χ1n) is 7.46. The molecule has 25 heavy (non-hydrogen) atoms. The number of carbonyl (C=O) groups excluding carboxylic acids is 1. The third-order valence-corrected chi connectivity index (χ3v) is 4.30. The highest BCUT2D eigenvalue weighted by Crippen LogP contribution is 2.27. The number of nitrogens with zero attached hydrogens (tertiary/aromatic N) is 1. The molecule has 0 aliphatic rings. The van der Waals surface area contributed by atoms with Crippen molar-refractivity contribution >= 4 is 45.2 Å². The number of phenolic OH excluding ortho intramolecular Hbond substituents is 1. The van der Waals surface area contributed by atoms with Crippen LogP contribution in [0.3, 0.4) is 0 Å². The number of rotatable bonds is 4. The molecule has 0 heterocycles. The predicted molar refractivity (Wildman–Crippen MR) is 104 cm³/mol. The quantitative estimate of drug-likeness (QED) is 0.434. The zero-order valence-electron chi connectivity index (χ0n) is 13.0. The van der Waals surface area contributed by atoms with Gasteiger partial charge in [-0.15, -0.1) is 0 Å². The molecule has 124 valence electrons. The van der Waals surface area contributed by atoms with Crippen LogP contribution in [-0.2, 0) is 0 Å². The van der Waals surface area contributed by atoms with E-state index in [0.29, 0.717) is 27.4 Å². The van der Waals surface area contributed by atoms with Crippen molar-refractivity contribution in [2.24, 2.45) is 4.99 Å². The molecule has 5 heteroatoms. The Morgan fingerprint density at radius 1 is 1.04 bits per heavy atom. The molecular weight excluding hydrogens is 402 g/mol. The van der Waals surface area contributed by atoms with Crippen molar-refractivity contribution in [1.82, 2.24) is 0 Å². The van der Waals surface area contributed by atoms with Crippen LogP contribution in [0.2, 0.25) is 5.02 Å². The molecule has 0 bridgehead atoms. The van der Waals surface area contributed by atoms with Gasteiger partial charge in [-0.3, -0.25) is 9.79 Å². The molecule has 0 aliphatic heterocycles. The number of halogens is 2. The number of aliphatic imine (C=N–C) groups is 1. The summed E-state index contributed by atoms with van der Waals surface area (Å²) in [5, 5.41) is 10.4. The van der Waals surface area contributed by atoms with E-state index in [1.165, 1.54) is 6.21 Å². The fraction of sp³-hybridized carbons (Fsp3) is 0. The van der Waals surface area contributed by atoms with E-state index in [4.69, 9.17) is 11.6 Å². The molecule has 0 radical (unpaired) electrons. The molecule has 0 unspecified atom stereocenters. The summed E-state index contributed by atoms with van der Waals surface area (Å²) in [6, 6.07) is 19.0. The highest BCUT2D eigenvalue weighted by atomic mass is 79.9. The number of carbonyl (C=O) groups is 1. The number of phenols is 1. The molecule has 0 aromatic heterocycles. The van der Waals surface area contributed by atoms with E-state index in [9.17, 15) is 9.90 Å². The summed E-state index contributed by atoms with van der Waals surface area (Å²) in [5.41, 5.74) is 2.00. The summed E-state index contributed by atoms with van der Waals surface area (Å²) in [4.78, 5) is 17.1. The molecule has 0 fully saturated rings. The summed E-state index contributed by atoms with van der Waals surface area (Å²) >= 11 is 9.42. The van der Waals surface area contributed by atoms with E-state index in [2.05, 4.69) is 20.9 Å². The number of hydrogen-bond donors (Lipinski definition) is 1. The maximum Gasteiger partial charge on any atom is 0.195 e. The minimum absolute atomic E-state index is 0.108. The van der Waals surface area contributed by atoms with Crippen molar-refractivity contribution in [2.75, 3.05) is 0 Å². The average molecular weight is 415 g/mol. The molecule has 3 nitrogen and oxygen atoms in total. The predicted octanol–water partition coefficient (Wildman–Crippen LogP) is 5.79. The van der Waals surface area contributed by atoms with Crippen LogP contribution in [0.15, 0.2) is 76.2 Å². The van der Waals surface area contributed by atoms with Crippen molar-refractivity contribution in [2.45, 2.75) is 0 Å². The number of hydrogen-bond acceptors (Lipinski definition) is 3. The lowest BCUT2D eigenvalue weighted by atomic mass is 10.0. The number of aromatic hydroxyl groups is 1.